The Morgan fingerprint density at radius 3 is 2.57 bits per heavy atom. The Balaban J connectivity index is 1.34. The molecule has 6 rings (SSSR count). The van der Waals surface area contributed by atoms with Crippen LogP contribution in [0, 0.1) is 12.7 Å². The van der Waals surface area contributed by atoms with Gasteiger partial charge in [0.25, 0.3) is 11.8 Å². The zero-order chi connectivity index (χ0) is 30.0. The van der Waals surface area contributed by atoms with Crippen LogP contribution in [-0.4, -0.2) is 58.9 Å². The number of alkyl halides is 2. The molecule has 42 heavy (non-hydrogen) atoms. The van der Waals surface area contributed by atoms with Gasteiger partial charge in [-0.2, -0.15) is 5.10 Å². The molecule has 2 aliphatic rings. The van der Waals surface area contributed by atoms with Crippen molar-refractivity contribution in [2.45, 2.75) is 57.7 Å². The van der Waals surface area contributed by atoms with Crippen LogP contribution in [0.3, 0.4) is 0 Å². The quantitative estimate of drug-likeness (QED) is 0.181. The van der Waals surface area contributed by atoms with Crippen LogP contribution >= 0.6 is 0 Å². The number of hydrogen-bond donors (Lipinski definition) is 0. The fourth-order valence-corrected chi connectivity index (χ4v) is 6.66. The minimum absolute atomic E-state index is 0.154. The van der Waals surface area contributed by atoms with Gasteiger partial charge in [-0.05, 0) is 43.3 Å². The predicted molar refractivity (Wildman–Crippen MR) is 159 cm³/mol. The molecule has 8 nitrogen and oxygen atoms in total. The van der Waals surface area contributed by atoms with E-state index in [4.69, 9.17) is 4.74 Å². The molecule has 4 heterocycles. The van der Waals surface area contributed by atoms with Crippen molar-refractivity contribution in [2.75, 3.05) is 29.5 Å². The molecule has 0 saturated carbocycles. The number of benzene rings is 2. The zero-order valence-electron chi connectivity index (χ0n) is 24.5. The zero-order valence-corrected chi connectivity index (χ0v) is 25.5. The van der Waals surface area contributed by atoms with E-state index in [0.29, 0.717) is 47.2 Å². The summed E-state index contributed by atoms with van der Waals surface area (Å²) >= 11 is 0. The van der Waals surface area contributed by atoms with Crippen molar-refractivity contribution >= 4 is 36.4 Å². The lowest BCUT2D eigenvalue weighted by atomic mass is 10.0. The summed E-state index contributed by atoms with van der Waals surface area (Å²) in [7, 11) is 0.539. The third-order valence-electron chi connectivity index (χ3n) is 8.14. The smallest absolute Gasteiger partial charge is 0.266 e. The molecule has 1 fully saturated rings. The summed E-state index contributed by atoms with van der Waals surface area (Å²) in [5.74, 6) is -3.65. The third-order valence-corrected chi connectivity index (χ3v) is 9.84. The van der Waals surface area contributed by atoms with Crippen molar-refractivity contribution in [3.8, 4) is 0 Å². The van der Waals surface area contributed by atoms with Crippen LogP contribution in [0.5, 0.6) is 0 Å². The molecular formula is C30H35F3N6O2Si. The normalized spacial score (nSPS) is 18.5. The lowest BCUT2D eigenvalue weighted by Gasteiger charge is -2.27. The van der Waals surface area contributed by atoms with E-state index in [9.17, 15) is 13.6 Å². The summed E-state index contributed by atoms with van der Waals surface area (Å²) in [5, 5.41) is 4.45. The van der Waals surface area contributed by atoms with Gasteiger partial charge in [0, 0.05) is 51.6 Å². The maximum absolute atomic E-state index is 15.9. The number of ether oxygens (including phenoxy) is 1. The van der Waals surface area contributed by atoms with E-state index in [-0.39, 0.29) is 24.4 Å². The van der Waals surface area contributed by atoms with Gasteiger partial charge in [-0.25, -0.2) is 18.2 Å². The Morgan fingerprint density at radius 2 is 1.88 bits per heavy atom. The van der Waals surface area contributed by atoms with Gasteiger partial charge in [0.2, 0.25) is 0 Å². The van der Waals surface area contributed by atoms with E-state index in [0.717, 1.165) is 11.6 Å². The lowest BCUT2D eigenvalue weighted by molar-refractivity contribution is 0.0257. The lowest BCUT2D eigenvalue weighted by Crippen LogP contribution is -2.30. The highest BCUT2D eigenvalue weighted by molar-refractivity contribution is 6.76. The number of anilines is 2. The number of halogens is 3. The number of carbonyl (C=O) groups excluding carboxylic acids is 1. The van der Waals surface area contributed by atoms with Gasteiger partial charge in [-0.15, -0.1) is 0 Å². The highest BCUT2D eigenvalue weighted by atomic mass is 28.3. The minimum atomic E-state index is -2.79. The van der Waals surface area contributed by atoms with Crippen molar-refractivity contribution in [3.63, 3.8) is 0 Å². The standard InChI is InChI=1S/C30H35F3N6O2Si/c1-19-26-28(36(2)35-19)27(22-8-6-20(14-23(22)31)37-11-10-30(32,33)16-37)39(29(26)40)21-7-9-25-24(15-21)34-17-38(25)18-41-12-13-42(3,4)5/h6-9,14-15,17,27H,10-13,16,18H2,1-5H3. The molecule has 0 radical (unpaired) electrons. The average molecular weight is 597 g/mol. The second-order valence-electron chi connectivity index (χ2n) is 12.5. The highest BCUT2D eigenvalue weighted by Gasteiger charge is 2.45. The number of rotatable bonds is 8. The van der Waals surface area contributed by atoms with Gasteiger partial charge in [-0.1, -0.05) is 25.7 Å². The van der Waals surface area contributed by atoms with Crippen LogP contribution in [-0.2, 0) is 18.5 Å². The monoisotopic (exact) mass is 596 g/mol. The van der Waals surface area contributed by atoms with Crippen LogP contribution in [0.2, 0.25) is 25.7 Å². The van der Waals surface area contributed by atoms with Crippen LogP contribution in [0.4, 0.5) is 24.5 Å². The summed E-state index contributed by atoms with van der Waals surface area (Å²) in [4.78, 5) is 21.5. The van der Waals surface area contributed by atoms with Gasteiger partial charge in [0.1, 0.15) is 18.6 Å². The van der Waals surface area contributed by atoms with E-state index in [2.05, 4.69) is 29.7 Å². The molecule has 1 saturated heterocycles. The largest absolute Gasteiger partial charge is 0.365 e. The number of nitrogens with zero attached hydrogens (tertiary/aromatic N) is 6. The molecule has 1 atom stereocenters. The second-order valence-corrected chi connectivity index (χ2v) is 18.1. The topological polar surface area (TPSA) is 68.4 Å². The number of aryl methyl sites for hydroxylation is 2. The molecule has 0 bridgehead atoms. The molecule has 2 aliphatic heterocycles. The number of aromatic nitrogens is 4. The van der Waals surface area contributed by atoms with E-state index in [1.54, 1.807) is 42.0 Å². The van der Waals surface area contributed by atoms with Crippen molar-refractivity contribution < 1.29 is 22.7 Å². The van der Waals surface area contributed by atoms with Gasteiger partial charge in [0.15, 0.2) is 0 Å². The molecule has 1 amide bonds. The van der Waals surface area contributed by atoms with Crippen LogP contribution in [0.15, 0.2) is 42.7 Å². The fourth-order valence-electron chi connectivity index (χ4n) is 5.90. The summed E-state index contributed by atoms with van der Waals surface area (Å²) < 4.78 is 53.0. The first-order chi connectivity index (χ1) is 19.8. The average Bonchev–Trinajstić information content (AvgIpc) is 3.64. The molecule has 0 N–H and O–H groups in total. The number of fused-ring (bicyclic) bond motifs is 2. The van der Waals surface area contributed by atoms with Gasteiger partial charge in [0.05, 0.1) is 40.9 Å². The summed E-state index contributed by atoms with van der Waals surface area (Å²) in [6.45, 7) is 9.46. The summed E-state index contributed by atoms with van der Waals surface area (Å²) in [6.07, 6.45) is 1.46. The van der Waals surface area contributed by atoms with E-state index >= 15 is 4.39 Å². The highest BCUT2D eigenvalue weighted by Crippen LogP contribution is 2.44. The van der Waals surface area contributed by atoms with E-state index in [1.807, 2.05) is 22.8 Å². The first-order valence-electron chi connectivity index (χ1n) is 14.1. The van der Waals surface area contributed by atoms with Crippen LogP contribution in [0.25, 0.3) is 11.0 Å². The Bertz CT molecular complexity index is 1680. The number of amides is 1. The minimum Gasteiger partial charge on any atom is -0.365 e. The molecule has 0 aliphatic carbocycles. The van der Waals surface area contributed by atoms with Crippen LogP contribution < -0.4 is 9.80 Å². The van der Waals surface area contributed by atoms with Crippen molar-refractivity contribution in [2.24, 2.45) is 7.05 Å². The van der Waals surface area contributed by atoms with E-state index < -0.39 is 32.4 Å². The third kappa shape index (κ3) is 5.10. The Labute approximate surface area is 243 Å². The Morgan fingerprint density at radius 1 is 1.12 bits per heavy atom. The molecule has 2 aromatic carbocycles. The van der Waals surface area contributed by atoms with E-state index in [1.165, 1.54) is 11.0 Å². The number of carbonyl (C=O) groups is 1. The fraction of sp³-hybridized carbons (Fsp3) is 0.433. The molecule has 12 heteroatoms. The van der Waals surface area contributed by atoms with Crippen molar-refractivity contribution in [1.82, 2.24) is 19.3 Å². The summed E-state index contributed by atoms with van der Waals surface area (Å²) in [5.41, 5.74) is 4.35. The molecule has 1 unspecified atom stereocenters. The van der Waals surface area contributed by atoms with Crippen molar-refractivity contribution in [1.29, 1.82) is 0 Å². The Hall–Kier alpha value is -3.64. The Kier molecular flexibility index (Phi) is 6.96. The molecule has 0 spiro atoms. The number of hydrogen-bond acceptors (Lipinski definition) is 5. The number of imidazole rings is 1. The maximum atomic E-state index is 15.9. The van der Waals surface area contributed by atoms with Crippen molar-refractivity contribution in [3.05, 3.63) is 71.1 Å². The molecule has 222 valence electrons. The molecule has 2 aromatic heterocycles. The molecular weight excluding hydrogens is 561 g/mol. The van der Waals surface area contributed by atoms with Gasteiger partial charge in [-0.3, -0.25) is 14.4 Å². The summed E-state index contributed by atoms with van der Waals surface area (Å²) in [6, 6.07) is 10.4. The molecule has 4 aromatic rings. The maximum Gasteiger partial charge on any atom is 0.266 e. The first kappa shape index (κ1) is 28.5. The van der Waals surface area contributed by atoms with Crippen LogP contribution in [0.1, 0.15) is 39.8 Å². The first-order valence-corrected chi connectivity index (χ1v) is 17.9. The van der Waals surface area contributed by atoms with Gasteiger partial charge >= 0.3 is 0 Å². The second kappa shape index (κ2) is 10.3. The predicted octanol–water partition coefficient (Wildman–Crippen LogP) is 6.12. The SMILES string of the molecule is Cc1nn(C)c2c1C(=O)N(c1ccc3c(c1)ncn3COCC[Si](C)(C)C)C2c1ccc(N2CCC(F)(F)C2)cc1F. The van der Waals surface area contributed by atoms with Gasteiger partial charge < -0.3 is 14.2 Å².